The third-order valence-corrected chi connectivity index (χ3v) is 3.59. The summed E-state index contributed by atoms with van der Waals surface area (Å²) < 4.78 is 2.48. The summed E-state index contributed by atoms with van der Waals surface area (Å²) in [5.74, 6) is 0. The quantitative estimate of drug-likeness (QED) is 0.877. The van der Waals surface area contributed by atoms with Gasteiger partial charge >= 0.3 is 0 Å². The molecule has 1 heterocycles. The number of hydrogen-bond acceptors (Lipinski definition) is 2. The van der Waals surface area contributed by atoms with Crippen LogP contribution in [-0.2, 0) is 6.42 Å². The first-order chi connectivity index (χ1) is 6.29. The highest BCUT2D eigenvalue weighted by atomic mass is 79.9. The van der Waals surface area contributed by atoms with Crippen molar-refractivity contribution in [1.82, 2.24) is 0 Å². The van der Waals surface area contributed by atoms with Crippen molar-refractivity contribution in [3.8, 4) is 0 Å². The Morgan fingerprint density at radius 3 is 2.92 bits per heavy atom. The van der Waals surface area contributed by atoms with E-state index in [-0.39, 0.29) is 0 Å². The maximum absolute atomic E-state index is 5.51. The highest BCUT2D eigenvalue weighted by Crippen LogP contribution is 2.28. The number of fused-ring (bicyclic) bond motifs is 1. The molecule has 0 unspecified atom stereocenters. The Morgan fingerprint density at radius 2 is 2.15 bits per heavy atom. The fourth-order valence-corrected chi connectivity index (χ4v) is 2.77. The van der Waals surface area contributed by atoms with Crippen LogP contribution in [0.2, 0.25) is 0 Å². The van der Waals surface area contributed by atoms with Crippen molar-refractivity contribution in [2.45, 2.75) is 6.42 Å². The molecule has 2 aromatic rings. The van der Waals surface area contributed by atoms with E-state index in [0.29, 0.717) is 0 Å². The minimum atomic E-state index is 0.730. The minimum Gasteiger partial charge on any atom is -0.330 e. The van der Waals surface area contributed by atoms with Crippen molar-refractivity contribution >= 4 is 37.4 Å². The van der Waals surface area contributed by atoms with Crippen LogP contribution >= 0.6 is 27.3 Å². The first-order valence-corrected chi connectivity index (χ1v) is 5.78. The second kappa shape index (κ2) is 3.78. The Balaban J connectivity index is 2.49. The molecule has 0 atom stereocenters. The number of halogens is 1. The summed E-state index contributed by atoms with van der Waals surface area (Å²) in [4.78, 5) is 1.37. The van der Waals surface area contributed by atoms with Crippen molar-refractivity contribution in [3.63, 3.8) is 0 Å². The lowest BCUT2D eigenvalue weighted by Crippen LogP contribution is -2.00. The van der Waals surface area contributed by atoms with Gasteiger partial charge in [-0.25, -0.2) is 0 Å². The minimum absolute atomic E-state index is 0.730. The molecular formula is C10H10BrNS. The van der Waals surface area contributed by atoms with Crippen LogP contribution in [0.25, 0.3) is 10.1 Å². The van der Waals surface area contributed by atoms with Gasteiger partial charge in [0.25, 0.3) is 0 Å². The van der Waals surface area contributed by atoms with Gasteiger partial charge in [-0.05, 0) is 42.6 Å². The number of nitrogens with two attached hydrogens (primary N) is 1. The largest absolute Gasteiger partial charge is 0.330 e. The van der Waals surface area contributed by atoms with E-state index in [1.54, 1.807) is 0 Å². The molecule has 0 radical (unpaired) electrons. The summed E-state index contributed by atoms with van der Waals surface area (Å²) in [6, 6.07) is 8.58. The summed E-state index contributed by atoms with van der Waals surface area (Å²) in [6.45, 7) is 0.730. The highest BCUT2D eigenvalue weighted by molar-refractivity contribution is 9.10. The monoisotopic (exact) mass is 255 g/mol. The van der Waals surface area contributed by atoms with Crippen LogP contribution < -0.4 is 5.73 Å². The molecule has 68 valence electrons. The SMILES string of the molecule is NCCc1cc2cc(Br)ccc2s1. The lowest BCUT2D eigenvalue weighted by Gasteiger charge is -1.88. The molecule has 0 bridgehead atoms. The molecule has 0 aliphatic rings. The molecule has 0 saturated heterocycles. The van der Waals surface area contributed by atoms with Crippen LogP contribution in [0.5, 0.6) is 0 Å². The van der Waals surface area contributed by atoms with Crippen molar-refractivity contribution in [2.75, 3.05) is 6.54 Å². The van der Waals surface area contributed by atoms with Gasteiger partial charge in [-0.3, -0.25) is 0 Å². The lowest BCUT2D eigenvalue weighted by molar-refractivity contribution is 0.989. The van der Waals surface area contributed by atoms with Crippen LogP contribution in [0, 0.1) is 0 Å². The summed E-state index contributed by atoms with van der Waals surface area (Å²) >= 11 is 5.29. The van der Waals surface area contributed by atoms with Gasteiger partial charge in [0.1, 0.15) is 0 Å². The van der Waals surface area contributed by atoms with Gasteiger partial charge in [0, 0.05) is 14.0 Å². The molecule has 0 fully saturated rings. The van der Waals surface area contributed by atoms with Crippen molar-refractivity contribution in [2.24, 2.45) is 5.73 Å². The average Bonchev–Trinajstić information content (AvgIpc) is 2.46. The fraction of sp³-hybridized carbons (Fsp3) is 0.200. The maximum atomic E-state index is 5.51. The van der Waals surface area contributed by atoms with Crippen LogP contribution in [0.1, 0.15) is 4.88 Å². The van der Waals surface area contributed by atoms with Crippen LogP contribution in [0.4, 0.5) is 0 Å². The molecule has 1 aromatic heterocycles. The van der Waals surface area contributed by atoms with E-state index in [0.717, 1.165) is 17.4 Å². The topological polar surface area (TPSA) is 26.0 Å². The zero-order valence-electron chi connectivity index (χ0n) is 7.09. The normalized spacial score (nSPS) is 10.9. The van der Waals surface area contributed by atoms with E-state index >= 15 is 0 Å². The highest BCUT2D eigenvalue weighted by Gasteiger charge is 2.00. The van der Waals surface area contributed by atoms with Crippen LogP contribution in [0.15, 0.2) is 28.7 Å². The molecular weight excluding hydrogens is 246 g/mol. The molecule has 0 amide bonds. The van der Waals surface area contributed by atoms with E-state index < -0.39 is 0 Å². The lowest BCUT2D eigenvalue weighted by atomic mass is 10.2. The van der Waals surface area contributed by atoms with E-state index in [4.69, 9.17) is 5.73 Å². The molecule has 0 saturated carbocycles. The average molecular weight is 256 g/mol. The number of hydrogen-bond donors (Lipinski definition) is 1. The molecule has 0 spiro atoms. The van der Waals surface area contributed by atoms with Gasteiger partial charge in [0.05, 0.1) is 0 Å². The Labute approximate surface area is 89.7 Å². The van der Waals surface area contributed by atoms with E-state index in [1.807, 2.05) is 11.3 Å². The molecule has 1 nitrogen and oxygen atoms in total. The van der Waals surface area contributed by atoms with Crippen LogP contribution in [0.3, 0.4) is 0 Å². The van der Waals surface area contributed by atoms with Crippen molar-refractivity contribution in [1.29, 1.82) is 0 Å². The number of thiophene rings is 1. The van der Waals surface area contributed by atoms with Gasteiger partial charge in [-0.2, -0.15) is 0 Å². The predicted octanol–water partition coefficient (Wildman–Crippen LogP) is 3.17. The second-order valence-corrected chi connectivity index (χ2v) is 5.02. The molecule has 2 N–H and O–H groups in total. The zero-order chi connectivity index (χ0) is 9.26. The summed E-state index contributed by atoms with van der Waals surface area (Å²) in [5.41, 5.74) is 5.51. The third kappa shape index (κ3) is 1.93. The van der Waals surface area contributed by atoms with Crippen molar-refractivity contribution in [3.05, 3.63) is 33.6 Å². The van der Waals surface area contributed by atoms with Gasteiger partial charge in [-0.1, -0.05) is 15.9 Å². The van der Waals surface area contributed by atoms with E-state index in [9.17, 15) is 0 Å². The standard InChI is InChI=1S/C10H10BrNS/c11-8-1-2-10-7(5-8)6-9(13-10)3-4-12/h1-2,5-6H,3-4,12H2. The molecule has 2 rings (SSSR count). The van der Waals surface area contributed by atoms with Crippen molar-refractivity contribution < 1.29 is 0 Å². The molecule has 13 heavy (non-hydrogen) atoms. The first kappa shape index (κ1) is 9.19. The number of rotatable bonds is 2. The van der Waals surface area contributed by atoms with E-state index in [1.165, 1.54) is 15.0 Å². The summed E-state index contributed by atoms with van der Waals surface area (Å²) in [5, 5.41) is 1.31. The van der Waals surface area contributed by atoms with Gasteiger partial charge in [-0.15, -0.1) is 11.3 Å². The Kier molecular flexibility index (Phi) is 2.67. The fourth-order valence-electron chi connectivity index (χ4n) is 1.33. The van der Waals surface area contributed by atoms with Gasteiger partial charge in [0.2, 0.25) is 0 Å². The number of benzene rings is 1. The molecule has 0 aliphatic heterocycles. The smallest absolute Gasteiger partial charge is 0.0346 e. The summed E-state index contributed by atoms with van der Waals surface area (Å²) in [6.07, 6.45) is 0.983. The maximum Gasteiger partial charge on any atom is 0.0346 e. The summed E-state index contributed by atoms with van der Waals surface area (Å²) in [7, 11) is 0. The first-order valence-electron chi connectivity index (χ1n) is 4.17. The van der Waals surface area contributed by atoms with Crippen LogP contribution in [-0.4, -0.2) is 6.54 Å². The Hall–Kier alpha value is -0.380. The molecule has 3 heteroatoms. The molecule has 1 aromatic carbocycles. The molecule has 0 aliphatic carbocycles. The predicted molar refractivity (Wildman–Crippen MR) is 62.3 cm³/mol. The Morgan fingerprint density at radius 1 is 1.31 bits per heavy atom. The third-order valence-electron chi connectivity index (χ3n) is 1.92. The zero-order valence-corrected chi connectivity index (χ0v) is 9.49. The van der Waals surface area contributed by atoms with Gasteiger partial charge < -0.3 is 5.73 Å². The van der Waals surface area contributed by atoms with E-state index in [2.05, 4.69) is 40.2 Å². The second-order valence-electron chi connectivity index (χ2n) is 2.93. The van der Waals surface area contributed by atoms with Gasteiger partial charge in [0.15, 0.2) is 0 Å². The Bertz CT molecular complexity index is 422.